The van der Waals surface area contributed by atoms with Crippen LogP contribution in [0, 0.1) is 17.2 Å². The average Bonchev–Trinajstić information content (AvgIpc) is 2.85. The maximum absolute atomic E-state index is 12.5. The highest BCUT2D eigenvalue weighted by molar-refractivity contribution is 7.85. The Kier molecular flexibility index (Phi) is 11.8. The van der Waals surface area contributed by atoms with Gasteiger partial charge in [0.2, 0.25) is 0 Å². The van der Waals surface area contributed by atoms with Crippen molar-refractivity contribution in [3.8, 4) is 5.75 Å². The largest absolute Gasteiger partial charge is 0.445 e. The summed E-state index contributed by atoms with van der Waals surface area (Å²) in [5.74, 6) is 0.463. The van der Waals surface area contributed by atoms with E-state index in [1.54, 1.807) is 18.2 Å². The number of carbonyl (C=O) groups is 2. The van der Waals surface area contributed by atoms with Gasteiger partial charge >= 0.3 is 12.1 Å². The number of carbonyl (C=O) groups excluding carboxylic acids is 2. The molecule has 0 aromatic heterocycles. The number of esters is 1. The number of rotatable bonds is 8. The molecule has 2 aromatic carbocycles. The molecule has 1 fully saturated rings. The standard InChI is InChI=1S/C25H29N3O4.CH4O3S/c26-23(27)15-10-18-8-13-22(14-9-18)32-24(29)21-11-6-19(7-12-21)16-28-25(30)31-17-20-4-2-1-3-5-20;1-5(2,3)4/h1-5,8-10,13-15,19,21H,6-7,11-12,16-17H2,(H3,26,27)(H,28,30);1H3,(H,2,3,4)/t19-,21-;. The van der Waals surface area contributed by atoms with Crippen molar-refractivity contribution in [1.29, 1.82) is 5.41 Å². The van der Waals surface area contributed by atoms with E-state index in [4.69, 9.17) is 25.2 Å². The molecule has 1 amide bonds. The van der Waals surface area contributed by atoms with E-state index in [-0.39, 0.29) is 24.3 Å². The number of amidine groups is 1. The maximum atomic E-state index is 12.5. The molecule has 11 heteroatoms. The van der Waals surface area contributed by atoms with Crippen LogP contribution in [0.5, 0.6) is 5.75 Å². The number of hydrogen-bond acceptors (Lipinski definition) is 7. The van der Waals surface area contributed by atoms with E-state index < -0.39 is 16.2 Å². The monoisotopic (exact) mass is 531 g/mol. The summed E-state index contributed by atoms with van der Waals surface area (Å²) in [5.41, 5.74) is 7.12. The third-order valence-corrected chi connectivity index (χ3v) is 5.48. The fraction of sp³-hybridized carbons (Fsp3) is 0.346. The van der Waals surface area contributed by atoms with Gasteiger partial charge < -0.3 is 20.5 Å². The second-order valence-corrected chi connectivity index (χ2v) is 10.1. The fourth-order valence-electron chi connectivity index (χ4n) is 3.64. The lowest BCUT2D eigenvalue weighted by Crippen LogP contribution is -2.33. The fourth-order valence-corrected chi connectivity index (χ4v) is 3.64. The zero-order valence-electron chi connectivity index (χ0n) is 20.6. The third-order valence-electron chi connectivity index (χ3n) is 5.48. The smallest absolute Gasteiger partial charge is 0.407 e. The van der Waals surface area contributed by atoms with Gasteiger partial charge in [0.25, 0.3) is 10.1 Å². The van der Waals surface area contributed by atoms with Crippen LogP contribution in [0.1, 0.15) is 36.8 Å². The van der Waals surface area contributed by atoms with Gasteiger partial charge in [-0.15, -0.1) is 0 Å². The number of nitrogens with two attached hydrogens (primary N) is 1. The van der Waals surface area contributed by atoms with E-state index >= 15 is 0 Å². The Hall–Kier alpha value is -3.70. The van der Waals surface area contributed by atoms with Crippen molar-refractivity contribution in [3.63, 3.8) is 0 Å². The molecule has 0 aliphatic heterocycles. The Labute approximate surface area is 217 Å². The molecule has 0 atom stereocenters. The van der Waals surface area contributed by atoms with Crippen molar-refractivity contribution in [2.45, 2.75) is 32.3 Å². The second kappa shape index (κ2) is 14.8. The first kappa shape index (κ1) is 29.5. The van der Waals surface area contributed by atoms with Crippen LogP contribution in [0.25, 0.3) is 6.08 Å². The summed E-state index contributed by atoms with van der Waals surface area (Å²) >= 11 is 0. The molecular formula is C26H33N3O7S. The first-order chi connectivity index (χ1) is 17.5. The highest BCUT2D eigenvalue weighted by Gasteiger charge is 2.28. The summed E-state index contributed by atoms with van der Waals surface area (Å²) in [4.78, 5) is 24.4. The molecule has 1 aliphatic rings. The van der Waals surface area contributed by atoms with E-state index in [0.29, 0.717) is 24.5 Å². The number of hydrogen-bond donors (Lipinski definition) is 4. The minimum atomic E-state index is -3.67. The lowest BCUT2D eigenvalue weighted by atomic mass is 9.82. The maximum Gasteiger partial charge on any atom is 0.407 e. The van der Waals surface area contributed by atoms with Crippen LogP contribution in [0.15, 0.2) is 60.7 Å². The number of benzene rings is 2. The SMILES string of the molecule is CS(=O)(=O)O.N=C(N)C=Cc1ccc(OC(=O)[C@H]2CC[C@H](CNC(=O)OCc3ccccc3)CC2)cc1. The molecule has 0 heterocycles. The van der Waals surface area contributed by atoms with Gasteiger partial charge in [0, 0.05) is 6.54 Å². The van der Waals surface area contributed by atoms with Crippen molar-refractivity contribution in [2.24, 2.45) is 17.6 Å². The van der Waals surface area contributed by atoms with Gasteiger partial charge in [-0.25, -0.2) is 4.79 Å². The van der Waals surface area contributed by atoms with Crippen molar-refractivity contribution in [2.75, 3.05) is 12.8 Å². The van der Waals surface area contributed by atoms with E-state index in [1.165, 1.54) is 6.08 Å². The molecule has 1 aliphatic carbocycles. The number of amides is 1. The second-order valence-electron chi connectivity index (χ2n) is 8.67. The summed E-state index contributed by atoms with van der Waals surface area (Å²) in [6.45, 7) is 0.796. The minimum absolute atomic E-state index is 0.0182. The molecule has 200 valence electrons. The third kappa shape index (κ3) is 13.3. The Morgan fingerprint density at radius 1 is 1.08 bits per heavy atom. The molecule has 0 unspecified atom stereocenters. The molecular weight excluding hydrogens is 498 g/mol. The van der Waals surface area contributed by atoms with Crippen molar-refractivity contribution in [1.82, 2.24) is 5.32 Å². The summed E-state index contributed by atoms with van der Waals surface area (Å²) in [6.07, 6.45) is 6.70. The van der Waals surface area contributed by atoms with E-state index in [1.807, 2.05) is 42.5 Å². The van der Waals surface area contributed by atoms with E-state index in [2.05, 4.69) is 5.32 Å². The quantitative estimate of drug-likeness (QED) is 0.131. The summed E-state index contributed by atoms with van der Waals surface area (Å²) in [5, 5.41) is 10.0. The highest BCUT2D eigenvalue weighted by Crippen LogP contribution is 2.30. The molecule has 10 nitrogen and oxygen atoms in total. The molecule has 5 N–H and O–H groups in total. The van der Waals surface area contributed by atoms with Crippen LogP contribution in [-0.2, 0) is 26.3 Å². The summed E-state index contributed by atoms with van der Waals surface area (Å²) in [7, 11) is -3.67. The topological polar surface area (TPSA) is 169 Å². The molecule has 0 bridgehead atoms. The average molecular weight is 532 g/mol. The molecule has 0 radical (unpaired) electrons. The Morgan fingerprint density at radius 3 is 2.24 bits per heavy atom. The summed E-state index contributed by atoms with van der Waals surface area (Å²) in [6, 6.07) is 16.6. The normalized spacial score (nSPS) is 17.2. The molecule has 0 spiro atoms. The van der Waals surface area contributed by atoms with Crippen LogP contribution in [-0.4, -0.2) is 43.7 Å². The van der Waals surface area contributed by atoms with Crippen molar-refractivity contribution in [3.05, 3.63) is 71.8 Å². The van der Waals surface area contributed by atoms with Gasteiger partial charge in [0.1, 0.15) is 18.2 Å². The minimum Gasteiger partial charge on any atom is -0.445 e. The predicted octanol–water partition coefficient (Wildman–Crippen LogP) is 3.78. The van der Waals surface area contributed by atoms with Gasteiger partial charge in [-0.05, 0) is 60.9 Å². The zero-order valence-corrected chi connectivity index (χ0v) is 21.4. The molecule has 3 rings (SSSR count). The number of alkyl carbamates (subject to hydrolysis) is 1. The van der Waals surface area contributed by atoms with E-state index in [9.17, 15) is 18.0 Å². The zero-order chi connectivity index (χ0) is 27.3. The van der Waals surface area contributed by atoms with Crippen molar-refractivity contribution < 1.29 is 32.0 Å². The molecule has 1 saturated carbocycles. The van der Waals surface area contributed by atoms with Gasteiger partial charge in [-0.1, -0.05) is 48.5 Å². The highest BCUT2D eigenvalue weighted by atomic mass is 32.2. The van der Waals surface area contributed by atoms with Gasteiger partial charge in [-0.2, -0.15) is 8.42 Å². The first-order valence-electron chi connectivity index (χ1n) is 11.7. The Morgan fingerprint density at radius 2 is 1.68 bits per heavy atom. The van der Waals surface area contributed by atoms with Gasteiger partial charge in [0.05, 0.1) is 12.2 Å². The summed E-state index contributed by atoms with van der Waals surface area (Å²) < 4.78 is 36.6. The lowest BCUT2D eigenvalue weighted by Gasteiger charge is -2.27. The number of nitrogens with one attached hydrogen (secondary N) is 2. The van der Waals surface area contributed by atoms with E-state index in [0.717, 1.165) is 36.8 Å². The van der Waals surface area contributed by atoms with Crippen LogP contribution in [0.4, 0.5) is 4.79 Å². The Balaban J connectivity index is 0.000000877. The van der Waals surface area contributed by atoms with Gasteiger partial charge in [-0.3, -0.25) is 14.8 Å². The van der Waals surface area contributed by atoms with Crippen molar-refractivity contribution >= 4 is 34.1 Å². The predicted molar refractivity (Wildman–Crippen MR) is 141 cm³/mol. The van der Waals surface area contributed by atoms with Crippen LogP contribution < -0.4 is 15.8 Å². The van der Waals surface area contributed by atoms with Gasteiger partial charge in [0.15, 0.2) is 0 Å². The molecule has 37 heavy (non-hydrogen) atoms. The number of ether oxygens (including phenoxy) is 2. The van der Waals surface area contributed by atoms with Crippen LogP contribution in [0.2, 0.25) is 0 Å². The first-order valence-corrected chi connectivity index (χ1v) is 13.6. The Bertz CT molecular complexity index is 1150. The molecule has 0 saturated heterocycles. The van der Waals surface area contributed by atoms with Crippen LogP contribution >= 0.6 is 0 Å². The molecule has 2 aromatic rings. The lowest BCUT2D eigenvalue weighted by molar-refractivity contribution is -0.140. The van der Waals surface area contributed by atoms with Crippen LogP contribution in [0.3, 0.4) is 0 Å².